The molecule has 4 aromatic carbocycles. The van der Waals surface area contributed by atoms with Gasteiger partial charge in [-0.3, -0.25) is 57.1 Å². The Morgan fingerprint density at radius 1 is 0.448 bits per heavy atom. The van der Waals surface area contributed by atoms with Gasteiger partial charge in [0, 0.05) is 77.2 Å². The van der Waals surface area contributed by atoms with Crippen LogP contribution in [-0.2, 0) is 35.7 Å². The molecule has 0 spiro atoms. The number of Topliss-reactive ketones (excluding diaryl/α,β-unsaturated/α-hetero) is 4. The van der Waals surface area contributed by atoms with Crippen molar-refractivity contribution in [2.75, 3.05) is 52.7 Å². The van der Waals surface area contributed by atoms with Crippen molar-refractivity contribution < 1.29 is 57.8 Å². The summed E-state index contributed by atoms with van der Waals surface area (Å²) >= 11 is 0. The van der Waals surface area contributed by atoms with Crippen LogP contribution < -0.4 is 46.0 Å². The zero-order chi connectivity index (χ0) is 88.9. The number of hydrogen-bond donors (Lipinski definition) is 3. The quantitative estimate of drug-likeness (QED) is 0.0803. The number of benzene rings is 4. The molecule has 7 aliphatic rings. The SMILES string of the molecule is CC(=O)c1cn2c(cc1=O)-c1c3cccc(OC4CCNCC4)c3nn1CC2C(C)(C)C.CC(=O)c1cn2c(cc1=O)-c1c3cccc(OC4COC4)c3nn1CC2C(C)(C)C.CC(=O)c1cn2c(cc1=O)-c1c3cccc(OCC(O)CO)c3nn1CC2C(C)(C)C.CC(=O)c1cn2c(cc1=O)-c1c3cccc(OCC4CCCO4)c3nn1CC2C(C)(C)C. The number of ketones is 4. The number of fused-ring (bicyclic) bond motifs is 20. The Bertz CT molecular complexity index is 6520. The van der Waals surface area contributed by atoms with Gasteiger partial charge in [0.15, 0.2) is 44.8 Å². The Labute approximate surface area is 722 Å². The van der Waals surface area contributed by atoms with E-state index in [1.807, 2.05) is 90.0 Å². The minimum Gasteiger partial charge on any atom is -0.489 e. The molecule has 125 heavy (non-hydrogen) atoms. The number of nitrogens with zero attached hydrogens (tertiary/aromatic N) is 12. The molecule has 15 heterocycles. The topological polar surface area (TPSA) is 335 Å². The number of aromatic nitrogens is 12. The van der Waals surface area contributed by atoms with Crippen molar-refractivity contribution in [3.05, 3.63) is 185 Å². The molecular weight excluding hydrogens is 1590 g/mol. The van der Waals surface area contributed by atoms with Crippen LogP contribution in [-0.4, -0.2) is 168 Å². The van der Waals surface area contributed by atoms with E-state index in [1.54, 1.807) is 49.1 Å². The van der Waals surface area contributed by atoms with E-state index in [-0.39, 0.29) is 138 Å². The standard InChI is InChI=1S/C25H30N4O3.C25H29N3O4.C23H27N3O5.C23H25N3O4/c1-15(30)18-13-28-19(12-20(18)31)24-17-6-5-7-21(32-16-8-10-26-11-9-16)23(17)27-29(24)14-22(28)25(2,3)4;1-15(29)18-12-27-19(11-20(18)30)24-17-8-5-9-21(32-14-16-7-6-10-31-16)23(17)26-28(24)13-22(27)25(2,3)4;1-13(28)16-9-25-17(8-18(16)30)22-15-6-5-7-19(31-12-14(29)11-27)21(15)24-26(22)10-20(25)23(2,3)4;1-13(27)16-9-25-17(8-18(16)28)22-15-6-5-7-19(30-14-11-29-12-14)21(15)24-26(22)10-20(25)23(2,3)4/h5-7,12-13,16,22,26H,8-11,14H2,1-4H3;5,8-9,11-12,16,22H,6-7,10,13-14H2,1-4H3;5-9,14,20,27,29H,10-12H2,1-4H3;5-9,14,20H,10-12H2,1-4H3. The van der Waals surface area contributed by atoms with Gasteiger partial charge in [0.1, 0.15) is 76.6 Å². The highest BCUT2D eigenvalue weighted by molar-refractivity contribution is 6.02. The van der Waals surface area contributed by atoms with Gasteiger partial charge in [0.05, 0.1) is 144 Å². The van der Waals surface area contributed by atoms with Crippen LogP contribution in [0.4, 0.5) is 0 Å². The zero-order valence-corrected chi connectivity index (χ0v) is 74.0. The summed E-state index contributed by atoms with van der Waals surface area (Å²) in [6, 6.07) is 29.7. The molecular formula is C96H111N13O16. The lowest BCUT2D eigenvalue weighted by atomic mass is 9.84. The number of carbonyl (C=O) groups excluding carboxylic acids is 4. The molecule has 0 saturated carbocycles. The van der Waals surface area contributed by atoms with Crippen molar-refractivity contribution in [1.29, 1.82) is 0 Å². The maximum absolute atomic E-state index is 12.8. The monoisotopic (exact) mass is 1700 g/mol. The van der Waals surface area contributed by atoms with E-state index in [4.69, 9.17) is 53.9 Å². The summed E-state index contributed by atoms with van der Waals surface area (Å²) in [4.78, 5) is 99.2. The highest BCUT2D eigenvalue weighted by Crippen LogP contribution is 2.49. The van der Waals surface area contributed by atoms with Crippen LogP contribution in [0.15, 0.2) is 141 Å². The lowest BCUT2D eigenvalue weighted by Crippen LogP contribution is -2.38. The van der Waals surface area contributed by atoms with Gasteiger partial charge < -0.3 is 62.2 Å². The summed E-state index contributed by atoms with van der Waals surface area (Å²) < 4.78 is 51.4. The number of aliphatic hydroxyl groups excluding tert-OH is 2. The third-order valence-corrected chi connectivity index (χ3v) is 25.0. The van der Waals surface area contributed by atoms with Crippen LogP contribution in [0.2, 0.25) is 0 Å². The van der Waals surface area contributed by atoms with E-state index in [0.29, 0.717) is 63.0 Å². The number of pyridine rings is 4. The van der Waals surface area contributed by atoms with Gasteiger partial charge in [-0.05, 0) is 112 Å². The molecule has 656 valence electrons. The first kappa shape index (κ1) is 86.7. The number of aliphatic hydroxyl groups is 2. The van der Waals surface area contributed by atoms with Crippen LogP contribution in [0.5, 0.6) is 23.0 Å². The molecule has 6 atom stereocenters. The first-order valence-electron chi connectivity index (χ1n) is 43.2. The third-order valence-electron chi connectivity index (χ3n) is 25.0. The van der Waals surface area contributed by atoms with E-state index in [1.165, 1.54) is 33.8 Å². The molecule has 0 radical (unpaired) electrons. The molecule has 6 unspecified atom stereocenters. The molecule has 12 aromatic rings. The highest BCUT2D eigenvalue weighted by atomic mass is 16.6. The van der Waals surface area contributed by atoms with E-state index in [9.17, 15) is 43.5 Å². The first-order chi connectivity index (χ1) is 59.3. The minimum atomic E-state index is -0.984. The van der Waals surface area contributed by atoms with Crippen LogP contribution in [0, 0.1) is 21.7 Å². The predicted molar refractivity (Wildman–Crippen MR) is 477 cm³/mol. The maximum Gasteiger partial charge on any atom is 0.193 e. The fourth-order valence-corrected chi connectivity index (χ4v) is 18.1. The first-order valence-corrected chi connectivity index (χ1v) is 43.2. The Morgan fingerprint density at radius 3 is 1.05 bits per heavy atom. The molecule has 0 amide bonds. The Hall–Kier alpha value is -11.8. The Morgan fingerprint density at radius 2 is 0.760 bits per heavy atom. The molecule has 7 aliphatic heterocycles. The number of nitrogens with one attached hydrogen (secondary N) is 1. The van der Waals surface area contributed by atoms with Gasteiger partial charge in [-0.25, -0.2) is 0 Å². The van der Waals surface area contributed by atoms with Gasteiger partial charge in [-0.1, -0.05) is 132 Å². The van der Waals surface area contributed by atoms with Gasteiger partial charge in [-0.2, -0.15) is 20.4 Å². The molecule has 29 nitrogen and oxygen atoms in total. The number of ether oxygens (including phenoxy) is 6. The largest absolute Gasteiger partial charge is 0.489 e. The molecule has 8 aromatic heterocycles. The summed E-state index contributed by atoms with van der Waals surface area (Å²) in [7, 11) is 0. The maximum atomic E-state index is 12.8. The molecule has 3 N–H and O–H groups in total. The second kappa shape index (κ2) is 33.6. The number of carbonyl (C=O) groups is 4. The van der Waals surface area contributed by atoms with Crippen molar-refractivity contribution in [2.45, 2.75) is 211 Å². The van der Waals surface area contributed by atoms with Crippen molar-refractivity contribution >= 4 is 66.7 Å². The Balaban J connectivity index is 0.000000123. The fourth-order valence-electron chi connectivity index (χ4n) is 18.1. The normalized spacial score (nSPS) is 18.6. The van der Waals surface area contributed by atoms with Crippen LogP contribution in [0.1, 0.15) is 202 Å². The number of hydrogen-bond acceptors (Lipinski definition) is 21. The number of rotatable bonds is 15. The van der Waals surface area contributed by atoms with Crippen molar-refractivity contribution in [3.8, 4) is 68.5 Å². The van der Waals surface area contributed by atoms with E-state index >= 15 is 0 Å². The lowest BCUT2D eigenvalue weighted by molar-refractivity contribution is -0.0791. The Kier molecular flexibility index (Phi) is 23.3. The zero-order valence-electron chi connectivity index (χ0n) is 74.0. The van der Waals surface area contributed by atoms with Crippen molar-refractivity contribution in [2.24, 2.45) is 21.7 Å². The third kappa shape index (κ3) is 16.8. The van der Waals surface area contributed by atoms with Crippen molar-refractivity contribution in [1.82, 2.24) is 62.7 Å². The van der Waals surface area contributed by atoms with Gasteiger partial charge in [0.25, 0.3) is 0 Å². The molecule has 0 aliphatic carbocycles. The molecule has 0 bridgehead atoms. The van der Waals surface area contributed by atoms with Gasteiger partial charge in [0.2, 0.25) is 0 Å². The van der Waals surface area contributed by atoms with Gasteiger partial charge >= 0.3 is 0 Å². The van der Waals surface area contributed by atoms with E-state index < -0.39 is 12.7 Å². The lowest BCUT2D eigenvalue weighted by Gasteiger charge is -2.38. The summed E-state index contributed by atoms with van der Waals surface area (Å²) in [6.45, 7) is 38.0. The number of piperidine rings is 1. The molecule has 3 fully saturated rings. The summed E-state index contributed by atoms with van der Waals surface area (Å²) in [5.74, 6) is 1.84. The average Bonchev–Trinajstić information content (AvgIpc) is 1.62. The predicted octanol–water partition coefficient (Wildman–Crippen LogP) is 13.9. The smallest absolute Gasteiger partial charge is 0.193 e. The van der Waals surface area contributed by atoms with Crippen LogP contribution >= 0.6 is 0 Å². The second-order valence-corrected chi connectivity index (χ2v) is 38.3. The summed E-state index contributed by atoms with van der Waals surface area (Å²) in [5, 5.41) is 45.2. The van der Waals surface area contributed by atoms with Crippen LogP contribution in [0.3, 0.4) is 0 Å². The van der Waals surface area contributed by atoms with Gasteiger partial charge in [-0.15, -0.1) is 0 Å². The van der Waals surface area contributed by atoms with E-state index in [2.05, 4.69) is 102 Å². The highest BCUT2D eigenvalue weighted by Gasteiger charge is 2.42. The van der Waals surface area contributed by atoms with Crippen molar-refractivity contribution in [3.63, 3.8) is 0 Å². The average molecular weight is 1700 g/mol. The molecule has 19 rings (SSSR count). The van der Waals surface area contributed by atoms with Crippen LogP contribution in [0.25, 0.3) is 89.2 Å². The van der Waals surface area contributed by atoms with E-state index in [0.717, 1.165) is 141 Å². The second-order valence-electron chi connectivity index (χ2n) is 38.3. The summed E-state index contributed by atoms with van der Waals surface area (Å²) in [6.07, 6.45) is 10.3. The molecule has 29 heteroatoms. The summed E-state index contributed by atoms with van der Waals surface area (Å²) in [5.41, 5.74) is 8.85. The minimum absolute atomic E-state index is 0.0245. The molecule has 3 saturated heterocycles. The fraction of sp³-hybridized carbons (Fsp3) is 0.458.